The van der Waals surface area contributed by atoms with Crippen molar-refractivity contribution >= 4 is 27.7 Å². The van der Waals surface area contributed by atoms with Crippen molar-refractivity contribution in [3.63, 3.8) is 0 Å². The highest BCUT2D eigenvalue weighted by Crippen LogP contribution is 2.26. The van der Waals surface area contributed by atoms with Gasteiger partial charge in [-0.2, -0.15) is 5.26 Å². The molecule has 5 heteroatoms. The fourth-order valence-electron chi connectivity index (χ4n) is 1.41. The zero-order chi connectivity index (χ0) is 13.4. The zero-order valence-corrected chi connectivity index (χ0v) is 13.1. The Morgan fingerprint density at radius 2 is 2.39 bits per heavy atom. The second-order valence-corrected chi connectivity index (χ2v) is 6.20. The van der Waals surface area contributed by atoms with Crippen molar-refractivity contribution in [3.8, 4) is 6.07 Å². The van der Waals surface area contributed by atoms with Gasteiger partial charge in [-0.3, -0.25) is 5.32 Å². The quantitative estimate of drug-likeness (QED) is 0.777. The number of nitrogens with zero attached hydrogens (tertiary/aromatic N) is 2. The lowest BCUT2D eigenvalue weighted by Crippen LogP contribution is -2.41. The summed E-state index contributed by atoms with van der Waals surface area (Å²) < 4.78 is 1.01. The minimum atomic E-state index is -0.440. The molecule has 1 aromatic rings. The highest BCUT2D eigenvalue weighted by atomic mass is 79.9. The lowest BCUT2D eigenvalue weighted by Gasteiger charge is -2.22. The van der Waals surface area contributed by atoms with E-state index in [2.05, 4.69) is 39.2 Å². The van der Waals surface area contributed by atoms with Crippen LogP contribution in [0.15, 0.2) is 27.8 Å². The van der Waals surface area contributed by atoms with Crippen molar-refractivity contribution in [3.05, 3.63) is 22.8 Å². The first-order valence-electron chi connectivity index (χ1n) is 6.01. The second-order valence-electron chi connectivity index (χ2n) is 4.26. The molecule has 1 aromatic heterocycles. The summed E-state index contributed by atoms with van der Waals surface area (Å²) >= 11 is 5.15. The summed E-state index contributed by atoms with van der Waals surface area (Å²) in [5.74, 6) is 0.871. The minimum Gasteiger partial charge on any atom is -0.300 e. The van der Waals surface area contributed by atoms with Gasteiger partial charge in [-0.15, -0.1) is 11.8 Å². The molecule has 1 heterocycles. The summed E-state index contributed by atoms with van der Waals surface area (Å²) in [7, 11) is 0. The Labute approximate surface area is 122 Å². The lowest BCUT2D eigenvalue weighted by atomic mass is 10.0. The number of rotatable bonds is 7. The van der Waals surface area contributed by atoms with Crippen molar-refractivity contribution in [2.45, 2.75) is 37.3 Å². The number of thioether (sulfide) groups is 1. The fourth-order valence-corrected chi connectivity index (χ4v) is 3.06. The molecule has 1 rings (SSSR count). The molecule has 98 valence electrons. The molecule has 0 spiro atoms. The molecule has 1 N–H and O–H groups in total. The molecule has 0 aromatic carbocycles. The Hall–Kier alpha value is -0.570. The normalized spacial score (nSPS) is 13.9. The third-order valence-electron chi connectivity index (χ3n) is 2.58. The second kappa shape index (κ2) is 7.78. The average molecular weight is 328 g/mol. The molecule has 1 atom stereocenters. The summed E-state index contributed by atoms with van der Waals surface area (Å²) in [5, 5.41) is 13.5. The summed E-state index contributed by atoms with van der Waals surface area (Å²) in [6, 6.07) is 6.24. The molecule has 0 aliphatic rings. The van der Waals surface area contributed by atoms with Gasteiger partial charge in [0.25, 0.3) is 0 Å². The average Bonchev–Trinajstić information content (AvgIpc) is 2.39. The first-order valence-corrected chi connectivity index (χ1v) is 7.79. The van der Waals surface area contributed by atoms with E-state index in [-0.39, 0.29) is 0 Å². The minimum absolute atomic E-state index is 0.440. The van der Waals surface area contributed by atoms with E-state index in [9.17, 15) is 5.26 Å². The monoisotopic (exact) mass is 327 g/mol. The van der Waals surface area contributed by atoms with Gasteiger partial charge in [0.05, 0.1) is 6.07 Å². The number of hydrogen-bond acceptors (Lipinski definition) is 4. The van der Waals surface area contributed by atoms with Gasteiger partial charge in [0, 0.05) is 16.4 Å². The molecule has 0 fully saturated rings. The van der Waals surface area contributed by atoms with Crippen molar-refractivity contribution in [1.82, 2.24) is 10.3 Å². The predicted octanol–water partition coefficient (Wildman–Crippen LogP) is 3.61. The van der Waals surface area contributed by atoms with Crippen LogP contribution in [0.1, 0.15) is 26.7 Å². The largest absolute Gasteiger partial charge is 0.300 e. The van der Waals surface area contributed by atoms with Crippen LogP contribution in [0, 0.1) is 11.3 Å². The number of nitrogens with one attached hydrogen (secondary N) is 1. The van der Waals surface area contributed by atoms with E-state index in [0.29, 0.717) is 0 Å². The number of hydrogen-bond donors (Lipinski definition) is 1. The maximum Gasteiger partial charge on any atom is 0.110 e. The van der Waals surface area contributed by atoms with E-state index < -0.39 is 5.54 Å². The van der Waals surface area contributed by atoms with E-state index >= 15 is 0 Å². The Balaban J connectivity index is 2.45. The molecule has 0 bridgehead atoms. The summed E-state index contributed by atoms with van der Waals surface area (Å²) in [4.78, 5) is 4.30. The molecule has 18 heavy (non-hydrogen) atoms. The highest BCUT2D eigenvalue weighted by molar-refractivity contribution is 9.10. The van der Waals surface area contributed by atoms with Crippen molar-refractivity contribution in [2.24, 2.45) is 0 Å². The van der Waals surface area contributed by atoms with E-state index in [4.69, 9.17) is 0 Å². The Morgan fingerprint density at radius 3 is 3.00 bits per heavy atom. The maximum absolute atomic E-state index is 9.22. The van der Waals surface area contributed by atoms with Crippen molar-refractivity contribution in [2.75, 3.05) is 12.3 Å². The van der Waals surface area contributed by atoms with Crippen LogP contribution in [0.25, 0.3) is 0 Å². The van der Waals surface area contributed by atoms with Crippen LogP contribution < -0.4 is 5.32 Å². The molecule has 0 aliphatic carbocycles. The molecule has 0 amide bonds. The highest BCUT2D eigenvalue weighted by Gasteiger charge is 2.22. The van der Waals surface area contributed by atoms with E-state index in [1.54, 1.807) is 18.0 Å². The Morgan fingerprint density at radius 1 is 1.61 bits per heavy atom. The molecular weight excluding hydrogens is 310 g/mol. The van der Waals surface area contributed by atoms with Gasteiger partial charge >= 0.3 is 0 Å². The Kier molecular flexibility index (Phi) is 6.69. The van der Waals surface area contributed by atoms with Crippen LogP contribution in [0.2, 0.25) is 0 Å². The third-order valence-corrected chi connectivity index (χ3v) is 4.49. The molecule has 0 aliphatic heterocycles. The zero-order valence-electron chi connectivity index (χ0n) is 10.7. The SMILES string of the molecule is CCCNC(C)(C#N)CCSc1ncccc1Br. The lowest BCUT2D eigenvalue weighted by molar-refractivity contribution is 0.437. The smallest absolute Gasteiger partial charge is 0.110 e. The van der Waals surface area contributed by atoms with Gasteiger partial charge < -0.3 is 0 Å². The maximum atomic E-state index is 9.22. The summed E-state index contributed by atoms with van der Waals surface area (Å²) in [5.41, 5.74) is -0.440. The standard InChI is InChI=1S/C13H18BrN3S/c1-3-7-17-13(2,10-15)6-9-18-12-11(14)5-4-8-16-12/h4-5,8,17H,3,6-7,9H2,1-2H3. The number of pyridine rings is 1. The van der Waals surface area contributed by atoms with Gasteiger partial charge in [-0.1, -0.05) is 6.92 Å². The molecule has 0 saturated heterocycles. The first-order chi connectivity index (χ1) is 8.61. The summed E-state index contributed by atoms with van der Waals surface area (Å²) in [6.07, 6.45) is 3.62. The van der Waals surface area contributed by atoms with Crippen LogP contribution in [0.3, 0.4) is 0 Å². The first kappa shape index (κ1) is 15.5. The van der Waals surface area contributed by atoms with Gasteiger partial charge in [-0.05, 0) is 54.4 Å². The van der Waals surface area contributed by atoms with Crippen molar-refractivity contribution in [1.29, 1.82) is 5.26 Å². The van der Waals surface area contributed by atoms with Crippen LogP contribution in [0.4, 0.5) is 0 Å². The van der Waals surface area contributed by atoms with E-state index in [0.717, 1.165) is 34.6 Å². The van der Waals surface area contributed by atoms with E-state index in [1.807, 2.05) is 19.1 Å². The van der Waals surface area contributed by atoms with Gasteiger partial charge in [0.15, 0.2) is 0 Å². The predicted molar refractivity (Wildman–Crippen MR) is 79.6 cm³/mol. The van der Waals surface area contributed by atoms with Crippen molar-refractivity contribution < 1.29 is 0 Å². The molecule has 0 saturated carbocycles. The van der Waals surface area contributed by atoms with Gasteiger partial charge in [0.1, 0.15) is 10.6 Å². The van der Waals surface area contributed by atoms with Gasteiger partial charge in [0.2, 0.25) is 0 Å². The number of halogens is 1. The third kappa shape index (κ3) is 4.97. The van der Waals surface area contributed by atoms with E-state index in [1.165, 1.54) is 0 Å². The topological polar surface area (TPSA) is 48.7 Å². The molecular formula is C13H18BrN3S. The molecule has 1 unspecified atom stereocenters. The summed E-state index contributed by atoms with van der Waals surface area (Å²) in [6.45, 7) is 4.93. The molecule has 0 radical (unpaired) electrons. The van der Waals surface area contributed by atoms with Crippen LogP contribution in [0.5, 0.6) is 0 Å². The van der Waals surface area contributed by atoms with Crippen LogP contribution in [-0.2, 0) is 0 Å². The fraction of sp³-hybridized carbons (Fsp3) is 0.538. The number of nitriles is 1. The van der Waals surface area contributed by atoms with Gasteiger partial charge in [-0.25, -0.2) is 4.98 Å². The Bertz CT molecular complexity index is 419. The number of aromatic nitrogens is 1. The van der Waals surface area contributed by atoms with Crippen LogP contribution >= 0.6 is 27.7 Å². The van der Waals surface area contributed by atoms with Crippen LogP contribution in [-0.4, -0.2) is 22.8 Å². The molecule has 3 nitrogen and oxygen atoms in total.